The first-order valence-corrected chi connectivity index (χ1v) is 8.04. The van der Waals surface area contributed by atoms with Gasteiger partial charge in [0.2, 0.25) is 0 Å². The quantitative estimate of drug-likeness (QED) is 0.853. The van der Waals surface area contributed by atoms with Crippen molar-refractivity contribution in [2.24, 2.45) is 0 Å². The molecule has 3 rings (SSSR count). The highest BCUT2D eigenvalue weighted by Gasteiger charge is 2.26. The van der Waals surface area contributed by atoms with Gasteiger partial charge in [-0.3, -0.25) is 9.78 Å². The van der Waals surface area contributed by atoms with E-state index in [1.165, 1.54) is 6.42 Å². The largest absolute Gasteiger partial charge is 0.336 e. The van der Waals surface area contributed by atoms with Crippen LogP contribution in [0.15, 0.2) is 35.4 Å². The number of hydrogen-bond donors (Lipinski definition) is 1. The van der Waals surface area contributed by atoms with Gasteiger partial charge >= 0.3 is 0 Å². The molecule has 3 nitrogen and oxygen atoms in total. The maximum Gasteiger partial charge on any atom is 0.254 e. The zero-order valence-electron chi connectivity index (χ0n) is 12.2. The topological polar surface area (TPSA) is 33.2 Å². The van der Waals surface area contributed by atoms with Crippen molar-refractivity contribution in [3.8, 4) is 0 Å². The number of carbonyl (C=O) groups is 1. The number of carbonyl (C=O) groups excluding carboxylic acids is 1. The first kappa shape index (κ1) is 14.4. The molecule has 1 fully saturated rings. The molecule has 1 saturated heterocycles. The molecule has 1 aliphatic rings. The highest BCUT2D eigenvalue weighted by Crippen LogP contribution is 2.26. The van der Waals surface area contributed by atoms with Crippen molar-refractivity contribution in [2.75, 3.05) is 6.54 Å². The van der Waals surface area contributed by atoms with Crippen molar-refractivity contribution >= 4 is 29.4 Å². The lowest BCUT2D eigenvalue weighted by Gasteiger charge is -2.35. The summed E-state index contributed by atoms with van der Waals surface area (Å²) >= 11 is 4.49. The number of piperidine rings is 1. The number of likely N-dealkylation sites (tertiary alicyclic amines) is 1. The monoisotopic (exact) mass is 300 g/mol. The van der Waals surface area contributed by atoms with E-state index in [2.05, 4.69) is 24.5 Å². The number of nitrogens with zero attached hydrogens (tertiary/aromatic N) is 2. The number of benzene rings is 1. The Morgan fingerprint density at radius 3 is 3.10 bits per heavy atom. The van der Waals surface area contributed by atoms with Gasteiger partial charge in [-0.1, -0.05) is 13.0 Å². The smallest absolute Gasteiger partial charge is 0.254 e. The molecule has 0 spiro atoms. The van der Waals surface area contributed by atoms with E-state index in [9.17, 15) is 4.79 Å². The average molecular weight is 300 g/mol. The first-order chi connectivity index (χ1) is 10.2. The van der Waals surface area contributed by atoms with Crippen molar-refractivity contribution in [3.05, 3.63) is 36.0 Å². The van der Waals surface area contributed by atoms with Crippen molar-refractivity contribution in [1.29, 1.82) is 0 Å². The zero-order chi connectivity index (χ0) is 14.8. The number of amides is 1. The van der Waals surface area contributed by atoms with Crippen LogP contribution in [0.1, 0.15) is 43.0 Å². The lowest BCUT2D eigenvalue weighted by Crippen LogP contribution is -2.43. The van der Waals surface area contributed by atoms with E-state index in [-0.39, 0.29) is 5.91 Å². The molecule has 1 amide bonds. The molecule has 1 aliphatic heterocycles. The SMILES string of the molecule is CCC1CCCCN1C(=O)c1cc(S)c2ncccc2c1. The summed E-state index contributed by atoms with van der Waals surface area (Å²) in [6, 6.07) is 8.03. The van der Waals surface area contributed by atoms with E-state index in [1.54, 1.807) is 6.20 Å². The van der Waals surface area contributed by atoms with Crippen LogP contribution in [0.2, 0.25) is 0 Å². The number of pyridine rings is 1. The van der Waals surface area contributed by atoms with Crippen LogP contribution in [-0.4, -0.2) is 28.4 Å². The van der Waals surface area contributed by atoms with Crippen molar-refractivity contribution < 1.29 is 4.79 Å². The Kier molecular flexibility index (Phi) is 4.15. The van der Waals surface area contributed by atoms with Gasteiger partial charge in [0.05, 0.1) is 5.52 Å². The van der Waals surface area contributed by atoms with Crippen LogP contribution in [0.4, 0.5) is 0 Å². The molecule has 0 radical (unpaired) electrons. The molecule has 4 heteroatoms. The summed E-state index contributed by atoms with van der Waals surface area (Å²) in [7, 11) is 0. The summed E-state index contributed by atoms with van der Waals surface area (Å²) in [6.07, 6.45) is 6.22. The van der Waals surface area contributed by atoms with Crippen LogP contribution in [0, 0.1) is 0 Å². The summed E-state index contributed by atoms with van der Waals surface area (Å²) in [6.45, 7) is 3.02. The summed E-state index contributed by atoms with van der Waals surface area (Å²) in [5, 5.41) is 0.971. The van der Waals surface area contributed by atoms with Gasteiger partial charge in [-0.2, -0.15) is 0 Å². The molecule has 2 aromatic rings. The Hall–Kier alpha value is -1.55. The van der Waals surface area contributed by atoms with E-state index >= 15 is 0 Å². The van der Waals surface area contributed by atoms with Crippen LogP contribution in [-0.2, 0) is 0 Å². The van der Waals surface area contributed by atoms with E-state index in [0.717, 1.165) is 47.2 Å². The molecular weight excluding hydrogens is 280 g/mol. The lowest BCUT2D eigenvalue weighted by atomic mass is 9.98. The molecule has 1 atom stereocenters. The van der Waals surface area contributed by atoms with Gasteiger partial charge < -0.3 is 4.90 Å². The van der Waals surface area contributed by atoms with Crippen LogP contribution >= 0.6 is 12.6 Å². The predicted octanol–water partition coefficient (Wildman–Crippen LogP) is 3.93. The Bertz CT molecular complexity index is 671. The maximum absolute atomic E-state index is 12.8. The zero-order valence-corrected chi connectivity index (χ0v) is 13.1. The third-order valence-electron chi connectivity index (χ3n) is 4.29. The average Bonchev–Trinajstić information content (AvgIpc) is 2.54. The minimum atomic E-state index is 0.127. The molecule has 0 N–H and O–H groups in total. The minimum Gasteiger partial charge on any atom is -0.336 e. The molecule has 0 bridgehead atoms. The standard InChI is InChI=1S/C17H20N2OS/c1-2-14-7-3-4-9-19(14)17(20)13-10-12-6-5-8-18-16(12)15(21)11-13/h5-6,8,10-11,14,21H,2-4,7,9H2,1H3. The van der Waals surface area contributed by atoms with Crippen LogP contribution in [0.25, 0.3) is 10.9 Å². The van der Waals surface area contributed by atoms with Gasteiger partial charge in [0.25, 0.3) is 5.91 Å². The predicted molar refractivity (Wildman–Crippen MR) is 88.0 cm³/mol. The third kappa shape index (κ3) is 2.77. The van der Waals surface area contributed by atoms with Gasteiger partial charge in [0.1, 0.15) is 0 Å². The van der Waals surface area contributed by atoms with Gasteiger partial charge in [-0.25, -0.2) is 0 Å². The van der Waals surface area contributed by atoms with E-state index < -0.39 is 0 Å². The number of hydrogen-bond acceptors (Lipinski definition) is 3. The molecule has 21 heavy (non-hydrogen) atoms. The summed E-state index contributed by atoms with van der Waals surface area (Å²) < 4.78 is 0. The second kappa shape index (κ2) is 6.06. The van der Waals surface area contributed by atoms with Gasteiger partial charge in [0, 0.05) is 34.6 Å². The molecule has 110 valence electrons. The molecular formula is C17H20N2OS. The molecule has 0 aliphatic carbocycles. The highest BCUT2D eigenvalue weighted by molar-refractivity contribution is 7.80. The maximum atomic E-state index is 12.8. The Balaban J connectivity index is 1.97. The van der Waals surface area contributed by atoms with Crippen molar-refractivity contribution in [3.63, 3.8) is 0 Å². The van der Waals surface area contributed by atoms with Gasteiger partial charge in [-0.15, -0.1) is 12.6 Å². The van der Waals surface area contributed by atoms with E-state index in [4.69, 9.17) is 0 Å². The van der Waals surface area contributed by atoms with Gasteiger partial charge in [-0.05, 0) is 43.9 Å². The number of aromatic nitrogens is 1. The Morgan fingerprint density at radius 2 is 2.29 bits per heavy atom. The van der Waals surface area contributed by atoms with Crippen LogP contribution in [0.3, 0.4) is 0 Å². The number of rotatable bonds is 2. The molecule has 0 saturated carbocycles. The van der Waals surface area contributed by atoms with Gasteiger partial charge in [0.15, 0.2) is 0 Å². The highest BCUT2D eigenvalue weighted by atomic mass is 32.1. The van der Waals surface area contributed by atoms with Crippen LogP contribution in [0.5, 0.6) is 0 Å². The fraction of sp³-hybridized carbons (Fsp3) is 0.412. The fourth-order valence-corrected chi connectivity index (χ4v) is 3.48. The molecule has 1 aromatic carbocycles. The first-order valence-electron chi connectivity index (χ1n) is 7.59. The Morgan fingerprint density at radius 1 is 1.43 bits per heavy atom. The van der Waals surface area contributed by atoms with E-state index in [1.807, 2.05) is 29.2 Å². The van der Waals surface area contributed by atoms with Crippen LogP contribution < -0.4 is 0 Å². The summed E-state index contributed by atoms with van der Waals surface area (Å²) in [4.78, 5) is 20.0. The second-order valence-corrected chi connectivity index (χ2v) is 6.11. The second-order valence-electron chi connectivity index (χ2n) is 5.63. The molecule has 2 heterocycles. The Labute approximate surface area is 130 Å². The van der Waals surface area contributed by atoms with Crippen molar-refractivity contribution in [2.45, 2.75) is 43.5 Å². The van der Waals surface area contributed by atoms with Crippen molar-refractivity contribution in [1.82, 2.24) is 9.88 Å². The number of thiol groups is 1. The summed E-state index contributed by atoms with van der Waals surface area (Å²) in [5.41, 5.74) is 1.57. The lowest BCUT2D eigenvalue weighted by molar-refractivity contribution is 0.0608. The van der Waals surface area contributed by atoms with E-state index in [0.29, 0.717) is 6.04 Å². The molecule has 1 aromatic heterocycles. The summed E-state index contributed by atoms with van der Waals surface area (Å²) in [5.74, 6) is 0.127. The third-order valence-corrected chi connectivity index (χ3v) is 4.63. The number of fused-ring (bicyclic) bond motifs is 1. The molecule has 1 unspecified atom stereocenters. The normalized spacial score (nSPS) is 19.0. The fourth-order valence-electron chi connectivity index (χ4n) is 3.15. The minimum absolute atomic E-state index is 0.127.